The number of hydrogen-bond donors (Lipinski definition) is 0. The van der Waals surface area contributed by atoms with Crippen LogP contribution in [0.2, 0.25) is 5.02 Å². The number of nitrogens with zero attached hydrogens (tertiary/aromatic N) is 4. The van der Waals surface area contributed by atoms with Gasteiger partial charge in [0.25, 0.3) is 0 Å². The molecular formula is C33H36ClFN4O4. The maximum absolute atomic E-state index is 15.0. The number of ether oxygens (including phenoxy) is 1. The molecule has 0 bridgehead atoms. The molecule has 2 aromatic heterocycles. The zero-order valence-corrected chi connectivity index (χ0v) is 25.9. The highest BCUT2D eigenvalue weighted by Crippen LogP contribution is 2.34. The maximum Gasteiger partial charge on any atom is 0.410 e. The fourth-order valence-corrected chi connectivity index (χ4v) is 6.01. The minimum absolute atomic E-state index is 0.154. The number of benzene rings is 2. The molecule has 226 valence electrons. The molecule has 1 amide bonds. The van der Waals surface area contributed by atoms with Gasteiger partial charge in [-0.25, -0.2) is 14.2 Å². The summed E-state index contributed by atoms with van der Waals surface area (Å²) < 4.78 is 23.3. The van der Waals surface area contributed by atoms with E-state index in [4.69, 9.17) is 21.3 Å². The van der Waals surface area contributed by atoms with E-state index >= 15 is 0 Å². The van der Waals surface area contributed by atoms with Crippen LogP contribution in [-0.2, 0) is 17.6 Å². The number of pyridine rings is 1. The average molecular weight is 607 g/mol. The molecule has 0 N–H and O–H groups in total. The number of piperidine rings is 1. The van der Waals surface area contributed by atoms with Crippen LogP contribution in [0.1, 0.15) is 64.6 Å². The summed E-state index contributed by atoms with van der Waals surface area (Å²) in [7, 11) is 0. The first kappa shape index (κ1) is 30.5. The van der Waals surface area contributed by atoms with Gasteiger partial charge >= 0.3 is 17.2 Å². The van der Waals surface area contributed by atoms with Crippen molar-refractivity contribution in [2.75, 3.05) is 13.1 Å². The van der Waals surface area contributed by atoms with Crippen LogP contribution in [0, 0.1) is 5.82 Å². The molecule has 8 nitrogen and oxygen atoms in total. The number of aromatic nitrogens is 3. The third kappa shape index (κ3) is 5.83. The molecule has 10 heteroatoms. The van der Waals surface area contributed by atoms with Crippen molar-refractivity contribution in [1.82, 2.24) is 19.0 Å². The highest BCUT2D eigenvalue weighted by atomic mass is 35.5. The second-order valence-electron chi connectivity index (χ2n) is 11.8. The van der Waals surface area contributed by atoms with E-state index < -0.39 is 28.6 Å². The molecule has 1 aliphatic rings. The van der Waals surface area contributed by atoms with Crippen LogP contribution in [0.15, 0.2) is 58.1 Å². The molecule has 1 saturated heterocycles. The van der Waals surface area contributed by atoms with Crippen molar-refractivity contribution >= 4 is 28.9 Å². The lowest BCUT2D eigenvalue weighted by Crippen LogP contribution is -2.47. The van der Waals surface area contributed by atoms with Crippen LogP contribution in [0.3, 0.4) is 0 Å². The second-order valence-corrected chi connectivity index (χ2v) is 12.2. The molecule has 0 saturated carbocycles. The lowest BCUT2D eigenvalue weighted by Gasteiger charge is -2.34. The Bertz CT molecular complexity index is 1790. The summed E-state index contributed by atoms with van der Waals surface area (Å²) in [6.07, 6.45) is 1.68. The molecule has 1 fully saturated rings. The first-order valence-corrected chi connectivity index (χ1v) is 15.0. The predicted molar refractivity (Wildman–Crippen MR) is 167 cm³/mol. The Morgan fingerprint density at radius 3 is 2.21 bits per heavy atom. The van der Waals surface area contributed by atoms with Crippen molar-refractivity contribution < 1.29 is 13.9 Å². The van der Waals surface area contributed by atoms with Crippen molar-refractivity contribution in [1.29, 1.82) is 0 Å². The summed E-state index contributed by atoms with van der Waals surface area (Å²) in [5, 5.41) is 0.154. The second kappa shape index (κ2) is 12.0. The van der Waals surface area contributed by atoms with E-state index in [1.165, 1.54) is 15.2 Å². The lowest BCUT2D eigenvalue weighted by molar-refractivity contribution is 0.0188. The Morgan fingerprint density at radius 1 is 1.00 bits per heavy atom. The minimum atomic E-state index is -0.744. The van der Waals surface area contributed by atoms with Crippen molar-refractivity contribution in [2.24, 2.45) is 0 Å². The lowest BCUT2D eigenvalue weighted by atomic mass is 10.0. The molecule has 1 aliphatic heterocycles. The van der Waals surface area contributed by atoms with Crippen molar-refractivity contribution in [3.8, 4) is 16.9 Å². The van der Waals surface area contributed by atoms with E-state index in [1.54, 1.807) is 29.2 Å². The molecule has 0 spiro atoms. The number of para-hydroxylation sites is 1. The van der Waals surface area contributed by atoms with Crippen LogP contribution in [0.5, 0.6) is 0 Å². The molecule has 0 unspecified atom stereocenters. The van der Waals surface area contributed by atoms with Gasteiger partial charge in [0, 0.05) is 24.7 Å². The highest BCUT2D eigenvalue weighted by Gasteiger charge is 2.31. The van der Waals surface area contributed by atoms with Gasteiger partial charge in [-0.05, 0) is 75.8 Å². The van der Waals surface area contributed by atoms with Gasteiger partial charge in [-0.15, -0.1) is 0 Å². The van der Waals surface area contributed by atoms with Gasteiger partial charge in [-0.1, -0.05) is 55.8 Å². The fraction of sp³-hybridized carbons (Fsp3) is 0.394. The van der Waals surface area contributed by atoms with Gasteiger partial charge in [-0.2, -0.15) is 0 Å². The molecular weight excluding hydrogens is 571 g/mol. The summed E-state index contributed by atoms with van der Waals surface area (Å²) in [4.78, 5) is 47.2. The monoisotopic (exact) mass is 606 g/mol. The summed E-state index contributed by atoms with van der Waals surface area (Å²) in [5.74, 6) is -0.504. The fourth-order valence-electron chi connectivity index (χ4n) is 5.76. The highest BCUT2D eigenvalue weighted by molar-refractivity contribution is 6.33. The Hall–Kier alpha value is -3.98. The number of halogens is 2. The van der Waals surface area contributed by atoms with Gasteiger partial charge < -0.3 is 9.64 Å². The van der Waals surface area contributed by atoms with Gasteiger partial charge in [0.15, 0.2) is 5.65 Å². The third-order valence-electron chi connectivity index (χ3n) is 7.81. The predicted octanol–water partition coefficient (Wildman–Crippen LogP) is 6.70. The number of fused-ring (bicyclic) bond motifs is 1. The Morgan fingerprint density at radius 2 is 1.63 bits per heavy atom. The molecule has 0 atom stereocenters. The maximum atomic E-state index is 15.0. The summed E-state index contributed by atoms with van der Waals surface area (Å²) in [6, 6.07) is 13.2. The zero-order valence-electron chi connectivity index (χ0n) is 25.1. The first-order chi connectivity index (χ1) is 20.4. The molecule has 0 radical (unpaired) electrons. The number of rotatable bonds is 5. The van der Waals surface area contributed by atoms with E-state index in [2.05, 4.69) is 0 Å². The summed E-state index contributed by atoms with van der Waals surface area (Å²) in [6.45, 7) is 10.1. The van der Waals surface area contributed by atoms with Gasteiger partial charge in [-0.3, -0.25) is 18.7 Å². The molecule has 4 aromatic rings. The van der Waals surface area contributed by atoms with Gasteiger partial charge in [0.1, 0.15) is 11.4 Å². The van der Waals surface area contributed by atoms with Crippen molar-refractivity contribution in [3.63, 3.8) is 0 Å². The Balaban J connectivity index is 1.74. The third-order valence-corrected chi connectivity index (χ3v) is 8.10. The van der Waals surface area contributed by atoms with Crippen LogP contribution >= 0.6 is 11.6 Å². The van der Waals surface area contributed by atoms with Crippen LogP contribution < -0.4 is 11.1 Å². The Kier molecular flexibility index (Phi) is 8.47. The smallest absolute Gasteiger partial charge is 0.410 e. The summed E-state index contributed by atoms with van der Waals surface area (Å²) >= 11 is 6.75. The van der Waals surface area contributed by atoms with E-state index in [0.29, 0.717) is 50.0 Å². The number of likely N-dealkylation sites (tertiary alicyclic amines) is 1. The molecule has 0 aliphatic carbocycles. The van der Waals surface area contributed by atoms with E-state index in [0.717, 1.165) is 11.1 Å². The van der Waals surface area contributed by atoms with Gasteiger partial charge in [0.05, 0.1) is 21.9 Å². The van der Waals surface area contributed by atoms with E-state index in [-0.39, 0.29) is 28.0 Å². The molecule has 2 aromatic carbocycles. The van der Waals surface area contributed by atoms with Gasteiger partial charge in [0.2, 0.25) is 0 Å². The van der Waals surface area contributed by atoms with E-state index in [1.807, 2.05) is 52.8 Å². The SMILES string of the molecule is CCc1cccc(CC)c1-n1c(=O)c(=O)n(C2CCN(C(=O)OC(C)(C)C)CC2)c2cc(Cl)c(-c3ccccc3F)nc21. The number of aryl methyl sites for hydroxylation is 2. The van der Waals surface area contributed by atoms with Crippen molar-refractivity contribution in [3.05, 3.63) is 91.2 Å². The zero-order chi connectivity index (χ0) is 31.1. The van der Waals surface area contributed by atoms with Crippen molar-refractivity contribution in [2.45, 2.75) is 71.9 Å². The average Bonchev–Trinajstić information content (AvgIpc) is 2.97. The Labute approximate surface area is 254 Å². The normalized spacial score (nSPS) is 14.3. The van der Waals surface area contributed by atoms with Crippen LogP contribution in [0.25, 0.3) is 28.1 Å². The number of carbonyl (C=O) groups is 1. The first-order valence-electron chi connectivity index (χ1n) is 14.7. The molecule has 5 rings (SSSR count). The minimum Gasteiger partial charge on any atom is -0.444 e. The summed E-state index contributed by atoms with van der Waals surface area (Å²) in [5.41, 5.74) is 1.27. The van der Waals surface area contributed by atoms with Crippen LogP contribution in [0.4, 0.5) is 9.18 Å². The number of carbonyl (C=O) groups excluding carboxylic acids is 1. The quantitative estimate of drug-likeness (QED) is 0.236. The largest absolute Gasteiger partial charge is 0.444 e. The number of hydrogen-bond acceptors (Lipinski definition) is 5. The van der Waals surface area contributed by atoms with Crippen LogP contribution in [-0.4, -0.2) is 43.8 Å². The molecule has 43 heavy (non-hydrogen) atoms. The standard InChI is InChI=1S/C33H36ClFN4O4/c1-6-20-11-10-12-21(7-2)28(20)39-29-26(19-24(34)27(36-29)23-13-8-9-14-25(23)35)38(30(40)31(39)41)22-15-17-37(18-16-22)32(42)43-33(3,4)5/h8-14,19,22H,6-7,15-18H2,1-5H3. The topological polar surface area (TPSA) is 86.4 Å². The van der Waals surface area contributed by atoms with E-state index in [9.17, 15) is 18.8 Å². The molecule has 3 heterocycles. The number of amides is 1.